The monoisotopic (exact) mass is 359 g/mol. The molecule has 25 heavy (non-hydrogen) atoms. The molecule has 0 atom stereocenters. The molecular formula is C19H18ClNO4. The Hall–Kier alpha value is -2.53. The third kappa shape index (κ3) is 3.77. The zero-order valence-corrected chi connectivity index (χ0v) is 14.5. The van der Waals surface area contributed by atoms with Crippen LogP contribution in [0.3, 0.4) is 0 Å². The van der Waals surface area contributed by atoms with E-state index in [-0.39, 0.29) is 16.7 Å². The van der Waals surface area contributed by atoms with Crippen LogP contribution in [0.2, 0.25) is 5.02 Å². The van der Waals surface area contributed by atoms with E-state index in [2.05, 4.69) is 5.32 Å². The third-order valence-corrected chi connectivity index (χ3v) is 4.59. The largest absolute Gasteiger partial charge is 0.480 e. The van der Waals surface area contributed by atoms with Crippen LogP contribution >= 0.6 is 11.6 Å². The van der Waals surface area contributed by atoms with Crippen molar-refractivity contribution in [3.63, 3.8) is 0 Å². The summed E-state index contributed by atoms with van der Waals surface area (Å²) in [4.78, 5) is 23.3. The van der Waals surface area contributed by atoms with E-state index in [1.54, 1.807) is 18.2 Å². The number of aliphatic carboxylic acids is 1. The standard InChI is InChI=1S/C19H18ClNO4/c1-12-3-2-4-13(9-12)19(7-8-19)18(24)21-14-5-6-16(15(20)10-14)25-11-17(22)23/h2-6,9-10H,7-8,11H2,1H3,(H,21,24)(H,22,23). The first-order chi connectivity index (χ1) is 11.9. The fraction of sp³-hybridized carbons (Fsp3) is 0.263. The van der Waals surface area contributed by atoms with Crippen LogP contribution in [0.1, 0.15) is 24.0 Å². The van der Waals surface area contributed by atoms with Crippen molar-refractivity contribution in [2.24, 2.45) is 0 Å². The Morgan fingerprint density at radius 3 is 2.60 bits per heavy atom. The molecular weight excluding hydrogens is 342 g/mol. The topological polar surface area (TPSA) is 75.6 Å². The molecule has 0 heterocycles. The van der Waals surface area contributed by atoms with Gasteiger partial charge in [0.2, 0.25) is 5.91 Å². The smallest absolute Gasteiger partial charge is 0.341 e. The van der Waals surface area contributed by atoms with E-state index in [0.717, 1.165) is 24.0 Å². The molecule has 0 saturated heterocycles. The summed E-state index contributed by atoms with van der Waals surface area (Å²) < 4.78 is 5.08. The van der Waals surface area contributed by atoms with Crippen molar-refractivity contribution in [3.05, 3.63) is 58.6 Å². The highest BCUT2D eigenvalue weighted by atomic mass is 35.5. The second-order valence-corrected chi connectivity index (χ2v) is 6.64. The quantitative estimate of drug-likeness (QED) is 0.823. The van der Waals surface area contributed by atoms with Gasteiger partial charge in [-0.2, -0.15) is 0 Å². The molecule has 6 heteroatoms. The minimum atomic E-state index is -1.08. The third-order valence-electron chi connectivity index (χ3n) is 4.30. The van der Waals surface area contributed by atoms with Crippen molar-refractivity contribution < 1.29 is 19.4 Å². The van der Waals surface area contributed by atoms with Crippen molar-refractivity contribution in [1.29, 1.82) is 0 Å². The highest BCUT2D eigenvalue weighted by Gasteiger charge is 2.51. The van der Waals surface area contributed by atoms with Crippen molar-refractivity contribution in [2.45, 2.75) is 25.2 Å². The molecule has 1 aliphatic rings. The lowest BCUT2D eigenvalue weighted by atomic mass is 9.93. The number of carbonyl (C=O) groups excluding carboxylic acids is 1. The first-order valence-corrected chi connectivity index (χ1v) is 8.31. The number of carboxylic acid groups (broad SMARTS) is 1. The molecule has 1 aliphatic carbocycles. The number of carboxylic acids is 1. The number of rotatable bonds is 6. The molecule has 2 N–H and O–H groups in total. The fourth-order valence-electron chi connectivity index (χ4n) is 2.80. The molecule has 2 aromatic rings. The Labute approximate surface area is 150 Å². The van der Waals surface area contributed by atoms with Gasteiger partial charge in [0.15, 0.2) is 6.61 Å². The molecule has 5 nitrogen and oxygen atoms in total. The van der Waals surface area contributed by atoms with Gasteiger partial charge in [-0.3, -0.25) is 4.79 Å². The summed E-state index contributed by atoms with van der Waals surface area (Å²) in [6, 6.07) is 12.7. The first kappa shape index (κ1) is 17.3. The van der Waals surface area contributed by atoms with Gasteiger partial charge in [-0.1, -0.05) is 41.4 Å². The number of benzene rings is 2. The predicted octanol–water partition coefficient (Wildman–Crippen LogP) is 3.78. The highest BCUT2D eigenvalue weighted by molar-refractivity contribution is 6.32. The summed E-state index contributed by atoms with van der Waals surface area (Å²) >= 11 is 6.09. The van der Waals surface area contributed by atoms with Crippen molar-refractivity contribution in [2.75, 3.05) is 11.9 Å². The van der Waals surface area contributed by atoms with Gasteiger partial charge >= 0.3 is 5.97 Å². The molecule has 0 unspecified atom stereocenters. The number of anilines is 1. The molecule has 0 bridgehead atoms. The number of amides is 1. The van der Waals surface area contributed by atoms with Crippen LogP contribution in [-0.4, -0.2) is 23.6 Å². The van der Waals surface area contributed by atoms with Crippen molar-refractivity contribution in [3.8, 4) is 5.75 Å². The van der Waals surface area contributed by atoms with Crippen LogP contribution in [0.15, 0.2) is 42.5 Å². The van der Waals surface area contributed by atoms with E-state index in [0.29, 0.717) is 5.69 Å². The summed E-state index contributed by atoms with van der Waals surface area (Å²) in [6.07, 6.45) is 1.63. The lowest BCUT2D eigenvalue weighted by Crippen LogP contribution is -2.27. The van der Waals surface area contributed by atoms with Gasteiger partial charge in [-0.25, -0.2) is 4.79 Å². The normalized spacial score (nSPS) is 14.6. The van der Waals surface area contributed by atoms with Gasteiger partial charge in [0.25, 0.3) is 0 Å². The van der Waals surface area contributed by atoms with Crippen LogP contribution in [-0.2, 0) is 15.0 Å². The number of hydrogen-bond donors (Lipinski definition) is 2. The Morgan fingerprint density at radius 2 is 2.00 bits per heavy atom. The predicted molar refractivity (Wildman–Crippen MR) is 95.3 cm³/mol. The Morgan fingerprint density at radius 1 is 1.24 bits per heavy atom. The Balaban J connectivity index is 1.73. The van der Waals surface area contributed by atoms with E-state index in [1.165, 1.54) is 0 Å². The minimum absolute atomic E-state index is 0.0617. The van der Waals surface area contributed by atoms with Crippen LogP contribution < -0.4 is 10.1 Å². The lowest BCUT2D eigenvalue weighted by Gasteiger charge is -2.17. The Kier molecular flexibility index (Phi) is 4.68. The summed E-state index contributed by atoms with van der Waals surface area (Å²) in [5, 5.41) is 11.8. The molecule has 0 radical (unpaired) electrons. The average molecular weight is 360 g/mol. The number of hydrogen-bond acceptors (Lipinski definition) is 3. The fourth-order valence-corrected chi connectivity index (χ4v) is 3.04. The Bertz CT molecular complexity index is 830. The van der Waals surface area contributed by atoms with Crippen LogP contribution in [0.25, 0.3) is 0 Å². The molecule has 1 saturated carbocycles. The SMILES string of the molecule is Cc1cccc(C2(C(=O)Nc3ccc(OCC(=O)O)c(Cl)c3)CC2)c1. The van der Waals surface area contributed by atoms with Gasteiger partial charge in [0.05, 0.1) is 10.4 Å². The maximum absolute atomic E-state index is 12.8. The zero-order chi connectivity index (χ0) is 18.0. The van der Waals surface area contributed by atoms with E-state index in [1.807, 2.05) is 31.2 Å². The van der Waals surface area contributed by atoms with Gasteiger partial charge in [0.1, 0.15) is 5.75 Å². The molecule has 0 aliphatic heterocycles. The van der Waals surface area contributed by atoms with E-state index >= 15 is 0 Å². The number of carbonyl (C=O) groups is 2. The zero-order valence-electron chi connectivity index (χ0n) is 13.7. The van der Waals surface area contributed by atoms with Crippen molar-refractivity contribution in [1.82, 2.24) is 0 Å². The molecule has 1 amide bonds. The van der Waals surface area contributed by atoms with Gasteiger partial charge in [0, 0.05) is 5.69 Å². The molecule has 1 fully saturated rings. The van der Waals surface area contributed by atoms with Gasteiger partial charge < -0.3 is 15.2 Å². The van der Waals surface area contributed by atoms with E-state index in [9.17, 15) is 9.59 Å². The average Bonchev–Trinajstić information content (AvgIpc) is 3.36. The number of halogens is 1. The number of aryl methyl sites for hydroxylation is 1. The second kappa shape index (κ2) is 6.76. The summed E-state index contributed by atoms with van der Waals surface area (Å²) in [7, 11) is 0. The van der Waals surface area contributed by atoms with E-state index < -0.39 is 18.0 Å². The number of nitrogens with one attached hydrogen (secondary N) is 1. The van der Waals surface area contributed by atoms with Crippen LogP contribution in [0.5, 0.6) is 5.75 Å². The van der Waals surface area contributed by atoms with E-state index in [4.69, 9.17) is 21.4 Å². The van der Waals surface area contributed by atoms with Gasteiger partial charge in [-0.05, 0) is 43.5 Å². The van der Waals surface area contributed by atoms with Gasteiger partial charge in [-0.15, -0.1) is 0 Å². The lowest BCUT2D eigenvalue weighted by molar-refractivity contribution is -0.139. The molecule has 3 rings (SSSR count). The maximum atomic E-state index is 12.8. The molecule has 0 spiro atoms. The van der Waals surface area contributed by atoms with Crippen molar-refractivity contribution >= 4 is 29.2 Å². The molecule has 0 aromatic heterocycles. The molecule has 2 aromatic carbocycles. The molecule has 130 valence electrons. The number of ether oxygens (including phenoxy) is 1. The second-order valence-electron chi connectivity index (χ2n) is 6.23. The summed E-state index contributed by atoms with van der Waals surface area (Å²) in [5.74, 6) is -0.877. The first-order valence-electron chi connectivity index (χ1n) is 7.93. The minimum Gasteiger partial charge on any atom is -0.480 e. The maximum Gasteiger partial charge on any atom is 0.341 e. The highest BCUT2D eigenvalue weighted by Crippen LogP contribution is 2.49. The summed E-state index contributed by atoms with van der Waals surface area (Å²) in [6.45, 7) is 1.54. The van der Waals surface area contributed by atoms with Crippen LogP contribution in [0, 0.1) is 6.92 Å². The van der Waals surface area contributed by atoms with Crippen LogP contribution in [0.4, 0.5) is 5.69 Å². The summed E-state index contributed by atoms with van der Waals surface area (Å²) in [5.41, 5.74) is 2.23.